The predicted octanol–water partition coefficient (Wildman–Crippen LogP) is 1.03. The first-order valence-electron chi connectivity index (χ1n) is 7.55. The average molecular weight is 274 g/mol. The Labute approximate surface area is 119 Å². The number of benzene rings is 1. The molecule has 0 saturated carbocycles. The number of amides is 1. The van der Waals surface area contributed by atoms with Gasteiger partial charge in [0.25, 0.3) is 5.91 Å². The van der Waals surface area contributed by atoms with Gasteiger partial charge in [0, 0.05) is 26.2 Å². The van der Waals surface area contributed by atoms with E-state index < -0.39 is 6.10 Å². The van der Waals surface area contributed by atoms with E-state index >= 15 is 0 Å². The van der Waals surface area contributed by atoms with E-state index in [2.05, 4.69) is 11.4 Å². The Kier molecular flexibility index (Phi) is 4.03. The lowest BCUT2D eigenvalue weighted by atomic mass is 9.89. The molecule has 2 aliphatic rings. The van der Waals surface area contributed by atoms with Crippen molar-refractivity contribution >= 4 is 5.91 Å². The van der Waals surface area contributed by atoms with Crippen LogP contribution in [0.25, 0.3) is 0 Å². The first kappa shape index (κ1) is 13.6. The number of nitrogens with one attached hydrogen (secondary N) is 1. The molecule has 3 rings (SSSR count). The molecule has 1 aliphatic heterocycles. The highest BCUT2D eigenvalue weighted by Gasteiger charge is 2.25. The zero-order valence-electron chi connectivity index (χ0n) is 11.8. The van der Waals surface area contributed by atoms with Gasteiger partial charge in [-0.25, -0.2) is 0 Å². The average Bonchev–Trinajstić information content (AvgIpc) is 2.54. The van der Waals surface area contributed by atoms with Crippen LogP contribution >= 0.6 is 0 Å². The highest BCUT2D eigenvalue weighted by Crippen LogP contribution is 2.25. The molecule has 1 heterocycles. The van der Waals surface area contributed by atoms with Crippen molar-refractivity contribution < 1.29 is 9.90 Å². The summed E-state index contributed by atoms with van der Waals surface area (Å²) in [5.74, 6) is -0.165. The molecular weight excluding hydrogens is 252 g/mol. The second-order valence-corrected chi connectivity index (χ2v) is 5.71. The van der Waals surface area contributed by atoms with Crippen LogP contribution in [0.5, 0.6) is 0 Å². The van der Waals surface area contributed by atoms with E-state index in [-0.39, 0.29) is 5.91 Å². The summed E-state index contributed by atoms with van der Waals surface area (Å²) < 4.78 is 0. The van der Waals surface area contributed by atoms with Crippen LogP contribution in [0.3, 0.4) is 0 Å². The fourth-order valence-corrected chi connectivity index (χ4v) is 3.12. The number of aliphatic hydroxyl groups is 1. The van der Waals surface area contributed by atoms with Crippen LogP contribution < -0.4 is 5.32 Å². The smallest absolute Gasteiger partial charge is 0.256 e. The summed E-state index contributed by atoms with van der Waals surface area (Å²) in [5, 5.41) is 13.5. The lowest BCUT2D eigenvalue weighted by Crippen LogP contribution is -2.48. The number of rotatable bonds is 2. The molecule has 1 atom stereocenters. The monoisotopic (exact) mass is 274 g/mol. The van der Waals surface area contributed by atoms with Crippen molar-refractivity contribution in [2.75, 3.05) is 26.2 Å². The van der Waals surface area contributed by atoms with Crippen LogP contribution in [0.2, 0.25) is 0 Å². The summed E-state index contributed by atoms with van der Waals surface area (Å²) >= 11 is 0. The third-order valence-corrected chi connectivity index (χ3v) is 4.35. The van der Waals surface area contributed by atoms with Gasteiger partial charge < -0.3 is 15.3 Å². The zero-order chi connectivity index (χ0) is 13.9. The standard InChI is InChI=1S/C16H22N2O2/c19-15(16(20)18-9-7-17-8-10-18)14-6-5-12-3-1-2-4-13(12)11-14/h5-6,11,15,17,19H,1-4,7-10H2. The number of carbonyl (C=O) groups is 1. The van der Waals surface area contributed by atoms with Crippen LogP contribution in [0.4, 0.5) is 0 Å². The molecule has 1 aromatic rings. The van der Waals surface area contributed by atoms with Crippen molar-refractivity contribution in [1.82, 2.24) is 10.2 Å². The number of nitrogens with zero attached hydrogens (tertiary/aromatic N) is 1. The molecule has 1 saturated heterocycles. The van der Waals surface area contributed by atoms with Crippen molar-refractivity contribution in [3.8, 4) is 0 Å². The van der Waals surface area contributed by atoms with Gasteiger partial charge in [-0.15, -0.1) is 0 Å². The van der Waals surface area contributed by atoms with E-state index in [1.165, 1.54) is 24.0 Å². The quantitative estimate of drug-likeness (QED) is 0.847. The fourth-order valence-electron chi connectivity index (χ4n) is 3.12. The second kappa shape index (κ2) is 5.94. The number of aliphatic hydroxyl groups excluding tert-OH is 1. The van der Waals surface area contributed by atoms with E-state index in [1.807, 2.05) is 12.1 Å². The minimum Gasteiger partial charge on any atom is -0.378 e. The Hall–Kier alpha value is -1.39. The molecular formula is C16H22N2O2. The van der Waals surface area contributed by atoms with Crippen LogP contribution in [0, 0.1) is 0 Å². The van der Waals surface area contributed by atoms with Gasteiger partial charge in [-0.2, -0.15) is 0 Å². The van der Waals surface area contributed by atoms with E-state index in [9.17, 15) is 9.90 Å². The largest absolute Gasteiger partial charge is 0.378 e. The number of piperazine rings is 1. The van der Waals surface area contributed by atoms with E-state index in [0.717, 1.165) is 31.5 Å². The molecule has 1 unspecified atom stereocenters. The second-order valence-electron chi connectivity index (χ2n) is 5.71. The molecule has 0 radical (unpaired) electrons. The Morgan fingerprint density at radius 2 is 1.85 bits per heavy atom. The van der Waals surface area contributed by atoms with Crippen LogP contribution in [-0.4, -0.2) is 42.1 Å². The van der Waals surface area contributed by atoms with Gasteiger partial charge in [0.15, 0.2) is 6.10 Å². The zero-order valence-corrected chi connectivity index (χ0v) is 11.8. The Bertz CT molecular complexity index is 495. The molecule has 0 bridgehead atoms. The van der Waals surface area contributed by atoms with Gasteiger partial charge >= 0.3 is 0 Å². The SMILES string of the molecule is O=C(C(O)c1ccc2c(c1)CCCC2)N1CCNCC1. The number of hydrogen-bond acceptors (Lipinski definition) is 3. The maximum Gasteiger partial charge on any atom is 0.256 e. The van der Waals surface area contributed by atoms with E-state index in [0.29, 0.717) is 13.1 Å². The summed E-state index contributed by atoms with van der Waals surface area (Å²) in [7, 11) is 0. The first-order valence-corrected chi connectivity index (χ1v) is 7.55. The highest BCUT2D eigenvalue weighted by atomic mass is 16.3. The third-order valence-electron chi connectivity index (χ3n) is 4.35. The molecule has 1 aromatic carbocycles. The molecule has 4 nitrogen and oxygen atoms in total. The topological polar surface area (TPSA) is 52.6 Å². The number of aryl methyl sites for hydroxylation is 2. The van der Waals surface area contributed by atoms with E-state index in [1.54, 1.807) is 4.90 Å². The maximum absolute atomic E-state index is 12.3. The molecule has 20 heavy (non-hydrogen) atoms. The number of hydrogen-bond donors (Lipinski definition) is 2. The molecule has 1 fully saturated rings. The van der Waals surface area contributed by atoms with Gasteiger partial charge in [0.1, 0.15) is 0 Å². The van der Waals surface area contributed by atoms with Crippen LogP contribution in [0.15, 0.2) is 18.2 Å². The van der Waals surface area contributed by atoms with Gasteiger partial charge in [-0.05, 0) is 42.4 Å². The summed E-state index contributed by atoms with van der Waals surface area (Å²) in [6.07, 6.45) is 3.63. The molecule has 4 heteroatoms. The molecule has 0 aromatic heterocycles. The molecule has 1 amide bonds. The van der Waals surface area contributed by atoms with Crippen molar-refractivity contribution in [2.45, 2.75) is 31.8 Å². The molecule has 0 spiro atoms. The van der Waals surface area contributed by atoms with Crippen LogP contribution in [0.1, 0.15) is 35.6 Å². The van der Waals surface area contributed by atoms with Crippen molar-refractivity contribution in [2.24, 2.45) is 0 Å². The summed E-state index contributed by atoms with van der Waals surface area (Å²) in [4.78, 5) is 14.1. The third kappa shape index (κ3) is 2.72. The summed E-state index contributed by atoms with van der Waals surface area (Å²) in [6, 6.07) is 6.02. The Morgan fingerprint density at radius 1 is 1.15 bits per heavy atom. The minimum atomic E-state index is -1.01. The first-order chi connectivity index (χ1) is 9.75. The van der Waals surface area contributed by atoms with E-state index in [4.69, 9.17) is 0 Å². The minimum absolute atomic E-state index is 0.165. The summed E-state index contributed by atoms with van der Waals surface area (Å²) in [6.45, 7) is 2.98. The number of carbonyl (C=O) groups excluding carboxylic acids is 1. The lowest BCUT2D eigenvalue weighted by Gasteiger charge is -2.29. The van der Waals surface area contributed by atoms with Gasteiger partial charge in [-0.3, -0.25) is 4.79 Å². The maximum atomic E-state index is 12.3. The van der Waals surface area contributed by atoms with Gasteiger partial charge in [0.2, 0.25) is 0 Å². The van der Waals surface area contributed by atoms with Crippen molar-refractivity contribution in [3.63, 3.8) is 0 Å². The Morgan fingerprint density at radius 3 is 2.60 bits per heavy atom. The lowest BCUT2D eigenvalue weighted by molar-refractivity contribution is -0.141. The number of fused-ring (bicyclic) bond motifs is 1. The summed E-state index contributed by atoms with van der Waals surface area (Å²) in [5.41, 5.74) is 3.43. The molecule has 2 N–H and O–H groups in total. The Balaban J connectivity index is 1.75. The molecule has 1 aliphatic carbocycles. The predicted molar refractivity (Wildman–Crippen MR) is 77.5 cm³/mol. The van der Waals surface area contributed by atoms with Gasteiger partial charge in [0.05, 0.1) is 0 Å². The van der Waals surface area contributed by atoms with Gasteiger partial charge in [-0.1, -0.05) is 18.2 Å². The fraction of sp³-hybridized carbons (Fsp3) is 0.562. The van der Waals surface area contributed by atoms with Crippen LogP contribution in [-0.2, 0) is 17.6 Å². The van der Waals surface area contributed by atoms with Crippen molar-refractivity contribution in [1.29, 1.82) is 0 Å². The highest BCUT2D eigenvalue weighted by molar-refractivity contribution is 5.82. The van der Waals surface area contributed by atoms with Crippen molar-refractivity contribution in [3.05, 3.63) is 34.9 Å². The normalized spacial score (nSPS) is 20.4. The molecule has 108 valence electrons.